The maximum absolute atomic E-state index is 11.5. The van der Waals surface area contributed by atoms with Gasteiger partial charge >= 0.3 is 5.97 Å². The molecule has 0 spiro atoms. The lowest BCUT2D eigenvalue weighted by Crippen LogP contribution is -2.04. The zero-order chi connectivity index (χ0) is 15.4. The van der Waals surface area contributed by atoms with Crippen LogP contribution in [0.3, 0.4) is 0 Å². The molecule has 7 heteroatoms. The first-order chi connectivity index (χ1) is 10.8. The molecule has 0 atom stereocenters. The van der Waals surface area contributed by atoms with Crippen LogP contribution in [0.15, 0.2) is 48.9 Å². The Morgan fingerprint density at radius 1 is 1.23 bits per heavy atom. The highest BCUT2D eigenvalue weighted by atomic mass is 16.5. The summed E-state index contributed by atoms with van der Waals surface area (Å²) < 4.78 is 6.38. The number of aromatic nitrogens is 5. The van der Waals surface area contributed by atoms with Gasteiger partial charge in [-0.3, -0.25) is 0 Å². The van der Waals surface area contributed by atoms with Crippen molar-refractivity contribution in [3.8, 4) is 11.5 Å². The topological polar surface area (TPSA) is 82.8 Å². The zero-order valence-corrected chi connectivity index (χ0v) is 11.9. The molecule has 0 bridgehead atoms. The molecule has 0 aliphatic heterocycles. The molecule has 3 aromatic rings. The maximum Gasteiger partial charge on any atom is 0.337 e. The molecule has 22 heavy (non-hydrogen) atoms. The summed E-state index contributed by atoms with van der Waals surface area (Å²) in [5.41, 5.74) is 2.03. The molecule has 0 N–H and O–H groups in total. The van der Waals surface area contributed by atoms with Gasteiger partial charge in [-0.1, -0.05) is 17.3 Å². The summed E-state index contributed by atoms with van der Waals surface area (Å²) in [6, 6.07) is 8.94. The summed E-state index contributed by atoms with van der Waals surface area (Å²) in [5, 5.41) is 8.11. The third-order valence-electron chi connectivity index (χ3n) is 3.03. The number of hydrogen-bond donors (Lipinski definition) is 0. The van der Waals surface area contributed by atoms with E-state index >= 15 is 0 Å². The van der Waals surface area contributed by atoms with Crippen molar-refractivity contribution in [1.29, 1.82) is 0 Å². The van der Waals surface area contributed by atoms with Crippen molar-refractivity contribution in [3.63, 3.8) is 0 Å². The minimum absolute atomic E-state index is 0.362. The second-order valence-electron chi connectivity index (χ2n) is 4.57. The minimum Gasteiger partial charge on any atom is -0.465 e. The standard InChI is InChI=1S/C15H13N5O2/c1-22-15(21)12-5-2-4-11(8-12)9-20-10-13(18-19-20)14-16-6-3-7-17-14/h2-8,10H,9H2,1H3. The average Bonchev–Trinajstić information content (AvgIpc) is 3.03. The van der Waals surface area contributed by atoms with Crippen molar-refractivity contribution >= 4 is 5.97 Å². The van der Waals surface area contributed by atoms with Gasteiger partial charge in [0.05, 0.1) is 25.4 Å². The third-order valence-corrected chi connectivity index (χ3v) is 3.03. The Kier molecular flexibility index (Phi) is 3.86. The van der Waals surface area contributed by atoms with Gasteiger partial charge in [-0.05, 0) is 23.8 Å². The van der Waals surface area contributed by atoms with Gasteiger partial charge in [0.2, 0.25) is 0 Å². The summed E-state index contributed by atoms with van der Waals surface area (Å²) in [6.07, 6.45) is 5.07. The quantitative estimate of drug-likeness (QED) is 0.679. The fourth-order valence-electron chi connectivity index (χ4n) is 2.01. The number of carbonyl (C=O) groups is 1. The van der Waals surface area contributed by atoms with E-state index in [1.165, 1.54) is 7.11 Å². The van der Waals surface area contributed by atoms with E-state index in [4.69, 9.17) is 4.74 Å². The summed E-state index contributed by atoms with van der Waals surface area (Å²) in [4.78, 5) is 19.8. The van der Waals surface area contributed by atoms with Gasteiger partial charge in [0.25, 0.3) is 0 Å². The van der Waals surface area contributed by atoms with E-state index in [1.54, 1.807) is 47.5 Å². The maximum atomic E-state index is 11.5. The van der Waals surface area contributed by atoms with Crippen LogP contribution in [0.4, 0.5) is 0 Å². The first-order valence-corrected chi connectivity index (χ1v) is 6.61. The van der Waals surface area contributed by atoms with Crippen LogP contribution < -0.4 is 0 Å². The average molecular weight is 295 g/mol. The van der Waals surface area contributed by atoms with E-state index in [2.05, 4.69) is 20.3 Å². The number of methoxy groups -OCH3 is 1. The molecular weight excluding hydrogens is 282 g/mol. The van der Waals surface area contributed by atoms with Crippen molar-refractivity contribution in [2.45, 2.75) is 6.54 Å². The first kappa shape index (κ1) is 13.9. The van der Waals surface area contributed by atoms with Crippen LogP contribution in [0.1, 0.15) is 15.9 Å². The van der Waals surface area contributed by atoms with E-state index in [0.717, 1.165) is 5.56 Å². The number of carbonyl (C=O) groups excluding carboxylic acids is 1. The van der Waals surface area contributed by atoms with Crippen molar-refractivity contribution in [2.75, 3.05) is 7.11 Å². The molecule has 2 heterocycles. The molecule has 0 saturated heterocycles. The number of hydrogen-bond acceptors (Lipinski definition) is 6. The molecule has 1 aromatic carbocycles. The number of rotatable bonds is 4. The normalized spacial score (nSPS) is 10.4. The highest BCUT2D eigenvalue weighted by Crippen LogP contribution is 2.11. The predicted molar refractivity (Wildman–Crippen MR) is 77.9 cm³/mol. The van der Waals surface area contributed by atoms with E-state index in [-0.39, 0.29) is 5.97 Å². The van der Waals surface area contributed by atoms with Gasteiger partial charge < -0.3 is 4.74 Å². The van der Waals surface area contributed by atoms with Crippen LogP contribution in [0.2, 0.25) is 0 Å². The fraction of sp³-hybridized carbons (Fsp3) is 0.133. The molecule has 0 fully saturated rings. The molecule has 0 unspecified atom stereocenters. The number of nitrogens with zero attached hydrogens (tertiary/aromatic N) is 5. The lowest BCUT2D eigenvalue weighted by atomic mass is 10.1. The Labute approximate surface area is 126 Å². The van der Waals surface area contributed by atoms with E-state index in [9.17, 15) is 4.79 Å². The summed E-state index contributed by atoms with van der Waals surface area (Å²) in [6.45, 7) is 0.491. The van der Waals surface area contributed by atoms with Crippen molar-refractivity contribution < 1.29 is 9.53 Å². The van der Waals surface area contributed by atoms with E-state index < -0.39 is 0 Å². The Bertz CT molecular complexity index is 785. The summed E-state index contributed by atoms with van der Waals surface area (Å²) in [7, 11) is 1.36. The Balaban J connectivity index is 1.80. The number of ether oxygens (including phenoxy) is 1. The third kappa shape index (κ3) is 2.98. The first-order valence-electron chi connectivity index (χ1n) is 6.61. The second-order valence-corrected chi connectivity index (χ2v) is 4.57. The van der Waals surface area contributed by atoms with Crippen LogP contribution in [0, 0.1) is 0 Å². The lowest BCUT2D eigenvalue weighted by molar-refractivity contribution is 0.0600. The van der Waals surface area contributed by atoms with Gasteiger partial charge in [-0.25, -0.2) is 19.4 Å². The molecule has 0 aliphatic rings. The van der Waals surface area contributed by atoms with Crippen LogP contribution in [-0.4, -0.2) is 38.0 Å². The molecular formula is C15H13N5O2. The summed E-state index contributed by atoms with van der Waals surface area (Å²) >= 11 is 0. The van der Waals surface area contributed by atoms with Crippen LogP contribution in [0.25, 0.3) is 11.5 Å². The largest absolute Gasteiger partial charge is 0.465 e. The van der Waals surface area contributed by atoms with Gasteiger partial charge in [0.1, 0.15) is 5.69 Å². The molecule has 3 rings (SSSR count). The van der Waals surface area contributed by atoms with Crippen LogP contribution in [-0.2, 0) is 11.3 Å². The van der Waals surface area contributed by atoms with Crippen molar-refractivity contribution in [3.05, 3.63) is 60.0 Å². The highest BCUT2D eigenvalue weighted by molar-refractivity contribution is 5.89. The molecule has 7 nitrogen and oxygen atoms in total. The van der Waals surface area contributed by atoms with Gasteiger partial charge in [-0.2, -0.15) is 0 Å². The van der Waals surface area contributed by atoms with Gasteiger partial charge in [0, 0.05) is 12.4 Å². The smallest absolute Gasteiger partial charge is 0.337 e. The molecule has 110 valence electrons. The fourth-order valence-corrected chi connectivity index (χ4v) is 2.01. The Morgan fingerprint density at radius 3 is 2.82 bits per heavy atom. The highest BCUT2D eigenvalue weighted by Gasteiger charge is 2.08. The molecule has 0 radical (unpaired) electrons. The number of benzene rings is 1. The second kappa shape index (κ2) is 6.13. The molecule has 0 amide bonds. The Morgan fingerprint density at radius 2 is 2.05 bits per heavy atom. The van der Waals surface area contributed by atoms with Crippen LogP contribution in [0.5, 0.6) is 0 Å². The molecule has 2 aromatic heterocycles. The van der Waals surface area contributed by atoms with Crippen LogP contribution >= 0.6 is 0 Å². The van der Waals surface area contributed by atoms with Crippen molar-refractivity contribution in [2.24, 2.45) is 0 Å². The van der Waals surface area contributed by atoms with Gasteiger partial charge in [-0.15, -0.1) is 5.10 Å². The van der Waals surface area contributed by atoms with E-state index in [0.29, 0.717) is 23.6 Å². The number of esters is 1. The predicted octanol–water partition coefficient (Wildman–Crippen LogP) is 1.57. The van der Waals surface area contributed by atoms with E-state index in [1.807, 2.05) is 6.07 Å². The lowest BCUT2D eigenvalue weighted by Gasteiger charge is -2.03. The summed E-state index contributed by atoms with van der Waals surface area (Å²) in [5.74, 6) is 0.163. The monoisotopic (exact) mass is 295 g/mol. The van der Waals surface area contributed by atoms with Crippen molar-refractivity contribution in [1.82, 2.24) is 25.0 Å². The van der Waals surface area contributed by atoms with Gasteiger partial charge in [0.15, 0.2) is 5.82 Å². The molecule has 0 aliphatic carbocycles. The molecule has 0 saturated carbocycles. The SMILES string of the molecule is COC(=O)c1cccc(Cn2cc(-c3ncccn3)nn2)c1. The minimum atomic E-state index is -0.362. The Hall–Kier alpha value is -3.09. The zero-order valence-electron chi connectivity index (χ0n) is 11.9.